The van der Waals surface area contributed by atoms with Gasteiger partial charge in [-0.3, -0.25) is 9.59 Å². The molecule has 2 fully saturated rings. The molecule has 11 unspecified atom stereocenters. The molecule has 0 radical (unpaired) electrons. The molecular weight excluding hydrogens is 877 g/mol. The van der Waals surface area contributed by atoms with Crippen molar-refractivity contribution in [2.75, 3.05) is 26.4 Å². The molecule has 0 aromatic heterocycles. The molecule has 68 heavy (non-hydrogen) atoms. The number of carbonyl (C=O) groups excluding carboxylic acids is 2. The predicted octanol–water partition coefficient (Wildman–Crippen LogP) is 6.82. The highest BCUT2D eigenvalue weighted by molar-refractivity contribution is 5.70. The largest absolute Gasteiger partial charge is 0.462 e. The topological polar surface area (TPSA) is 231 Å². The van der Waals surface area contributed by atoms with E-state index < -0.39 is 99.3 Å². The monoisotopic (exact) mass is 963 g/mol. The zero-order valence-corrected chi connectivity index (χ0v) is 40.8. The SMILES string of the molecule is CC/C=C\C/C=C\C/C=C\C/C=C\C/C=C\C/C=C\CCC(=O)OC(COC(=O)CCCCCCC/C=C\CCCCCC)COC1OC(COC2OC(CO)C(O)C(O)C2O)C(O)C(O)C1O. The first-order valence-electron chi connectivity index (χ1n) is 25.2. The molecule has 7 N–H and O–H groups in total. The lowest BCUT2D eigenvalue weighted by Gasteiger charge is -2.42. The molecule has 0 saturated carbocycles. The summed E-state index contributed by atoms with van der Waals surface area (Å²) in [5.41, 5.74) is 0. The van der Waals surface area contributed by atoms with Gasteiger partial charge in [0.15, 0.2) is 18.7 Å². The van der Waals surface area contributed by atoms with Crippen LogP contribution in [0.2, 0.25) is 0 Å². The fourth-order valence-electron chi connectivity index (χ4n) is 7.24. The van der Waals surface area contributed by atoms with E-state index in [4.69, 9.17) is 28.4 Å². The van der Waals surface area contributed by atoms with Crippen molar-refractivity contribution in [1.29, 1.82) is 0 Å². The minimum atomic E-state index is -1.78. The number of ether oxygens (including phenoxy) is 6. The van der Waals surface area contributed by atoms with Crippen LogP contribution in [0.15, 0.2) is 85.1 Å². The van der Waals surface area contributed by atoms with Crippen molar-refractivity contribution >= 4 is 11.9 Å². The maximum Gasteiger partial charge on any atom is 0.306 e. The van der Waals surface area contributed by atoms with Crippen LogP contribution in [-0.2, 0) is 38.0 Å². The van der Waals surface area contributed by atoms with Gasteiger partial charge in [-0.1, -0.05) is 137 Å². The summed E-state index contributed by atoms with van der Waals surface area (Å²) >= 11 is 0. The Bertz CT molecular complexity index is 1510. The molecule has 2 saturated heterocycles. The third kappa shape index (κ3) is 27.2. The molecule has 15 nitrogen and oxygen atoms in total. The smallest absolute Gasteiger partial charge is 0.306 e. The maximum atomic E-state index is 13.0. The summed E-state index contributed by atoms with van der Waals surface area (Å²) in [6.07, 6.45) is 30.6. The number of hydrogen-bond donors (Lipinski definition) is 7. The molecule has 2 heterocycles. The summed E-state index contributed by atoms with van der Waals surface area (Å²) in [5.74, 6) is -1.04. The van der Waals surface area contributed by atoms with Gasteiger partial charge in [0.25, 0.3) is 0 Å². The number of rotatable bonds is 37. The fourth-order valence-corrected chi connectivity index (χ4v) is 7.24. The lowest BCUT2D eigenvalue weighted by molar-refractivity contribution is -0.332. The van der Waals surface area contributed by atoms with Crippen LogP contribution in [0.1, 0.15) is 142 Å². The van der Waals surface area contributed by atoms with Crippen molar-refractivity contribution in [1.82, 2.24) is 0 Å². The van der Waals surface area contributed by atoms with Crippen molar-refractivity contribution in [2.24, 2.45) is 0 Å². The number of esters is 2. The Morgan fingerprint density at radius 1 is 0.485 bits per heavy atom. The van der Waals surface area contributed by atoms with Gasteiger partial charge in [0.1, 0.15) is 55.4 Å². The average molecular weight is 963 g/mol. The summed E-state index contributed by atoms with van der Waals surface area (Å²) in [4.78, 5) is 25.7. The van der Waals surface area contributed by atoms with E-state index in [0.717, 1.165) is 70.6 Å². The second-order valence-electron chi connectivity index (χ2n) is 17.3. The highest BCUT2D eigenvalue weighted by atomic mass is 16.7. The third-order valence-corrected chi connectivity index (χ3v) is 11.4. The van der Waals surface area contributed by atoms with Crippen LogP contribution < -0.4 is 0 Å². The van der Waals surface area contributed by atoms with E-state index in [9.17, 15) is 45.3 Å². The van der Waals surface area contributed by atoms with E-state index in [2.05, 4.69) is 80.7 Å². The normalized spacial score (nSPS) is 26.5. The summed E-state index contributed by atoms with van der Waals surface area (Å²) < 4.78 is 33.4. The van der Waals surface area contributed by atoms with Gasteiger partial charge in [-0.15, -0.1) is 0 Å². The second-order valence-corrected chi connectivity index (χ2v) is 17.3. The Labute approximate surface area is 405 Å². The Kier molecular flexibility index (Phi) is 35.2. The van der Waals surface area contributed by atoms with Gasteiger partial charge in [-0.2, -0.15) is 0 Å². The van der Waals surface area contributed by atoms with Gasteiger partial charge in [0.2, 0.25) is 0 Å². The first-order valence-corrected chi connectivity index (χ1v) is 25.2. The van der Waals surface area contributed by atoms with E-state index in [1.807, 2.05) is 18.2 Å². The number of carbonyl (C=O) groups is 2. The Hall–Kier alpha value is -3.32. The Balaban J connectivity index is 1.86. The van der Waals surface area contributed by atoms with Crippen LogP contribution in [0, 0.1) is 0 Å². The first-order chi connectivity index (χ1) is 33.0. The second kappa shape index (κ2) is 39.4. The van der Waals surface area contributed by atoms with Gasteiger partial charge < -0.3 is 64.2 Å². The van der Waals surface area contributed by atoms with E-state index >= 15 is 0 Å². The quantitative estimate of drug-likeness (QED) is 0.0193. The third-order valence-electron chi connectivity index (χ3n) is 11.4. The van der Waals surface area contributed by atoms with Gasteiger partial charge in [-0.25, -0.2) is 0 Å². The molecule has 2 aliphatic heterocycles. The molecule has 11 atom stereocenters. The maximum absolute atomic E-state index is 13.0. The standard InChI is InChI=1S/C53H86O15/c1-3-5-7-9-11-13-15-17-18-19-20-21-22-24-26-28-30-32-34-36-45(56)66-41(38-63-44(55)35-33-31-29-27-25-23-16-14-12-10-8-6-4-2)39-64-52-51(62)49(60)47(58)43(68-52)40-65-53-50(61)48(59)46(57)42(37-54)67-53/h5,7,11,13-14,16-18,20-21,24,26,30,32,41-43,46-54,57-62H,3-4,6,8-10,12,15,19,22-23,25,27-29,31,33-40H2,1-2H3/b7-5-,13-11-,16-14-,18-17-,21-20-,26-24-,32-30-. The van der Waals surface area contributed by atoms with Crippen LogP contribution >= 0.6 is 0 Å². The van der Waals surface area contributed by atoms with E-state index in [-0.39, 0.29) is 19.4 Å². The highest BCUT2D eigenvalue weighted by Crippen LogP contribution is 2.26. The molecular formula is C53H86O15. The van der Waals surface area contributed by atoms with E-state index in [1.54, 1.807) is 0 Å². The van der Waals surface area contributed by atoms with Crippen LogP contribution in [-0.4, -0.2) is 142 Å². The van der Waals surface area contributed by atoms with Crippen molar-refractivity contribution in [2.45, 2.75) is 210 Å². The average Bonchev–Trinajstić information content (AvgIpc) is 3.33. The van der Waals surface area contributed by atoms with Crippen LogP contribution in [0.4, 0.5) is 0 Å². The van der Waals surface area contributed by atoms with Gasteiger partial charge >= 0.3 is 11.9 Å². The molecule has 2 rings (SSSR count). The zero-order valence-electron chi connectivity index (χ0n) is 40.8. The number of aliphatic hydroxyl groups is 7. The highest BCUT2D eigenvalue weighted by Gasteiger charge is 2.47. The molecule has 0 aromatic rings. The minimum Gasteiger partial charge on any atom is -0.462 e. The molecule has 0 bridgehead atoms. The van der Waals surface area contributed by atoms with Crippen LogP contribution in [0.25, 0.3) is 0 Å². The molecule has 0 spiro atoms. The number of aliphatic hydroxyl groups excluding tert-OH is 7. The summed E-state index contributed by atoms with van der Waals surface area (Å²) in [7, 11) is 0. The Morgan fingerprint density at radius 3 is 1.51 bits per heavy atom. The van der Waals surface area contributed by atoms with Gasteiger partial charge in [0, 0.05) is 12.8 Å². The molecule has 0 amide bonds. The lowest BCUT2D eigenvalue weighted by Crippen LogP contribution is -2.61. The first kappa shape index (κ1) is 60.8. The molecule has 2 aliphatic rings. The number of unbranched alkanes of at least 4 members (excludes halogenated alkanes) is 9. The Morgan fingerprint density at radius 2 is 0.956 bits per heavy atom. The lowest BCUT2D eigenvalue weighted by atomic mass is 9.98. The van der Waals surface area contributed by atoms with Crippen LogP contribution in [0.5, 0.6) is 0 Å². The number of allylic oxidation sites excluding steroid dienone is 14. The predicted molar refractivity (Wildman–Crippen MR) is 261 cm³/mol. The summed E-state index contributed by atoms with van der Waals surface area (Å²) in [6.45, 7) is 2.35. The fraction of sp³-hybridized carbons (Fsp3) is 0.698. The summed E-state index contributed by atoms with van der Waals surface area (Å²) in [5, 5.41) is 72.0. The van der Waals surface area contributed by atoms with E-state index in [0.29, 0.717) is 19.3 Å². The zero-order chi connectivity index (χ0) is 49.6. The summed E-state index contributed by atoms with van der Waals surface area (Å²) in [6, 6.07) is 0. The molecule has 0 aliphatic carbocycles. The van der Waals surface area contributed by atoms with Gasteiger partial charge in [-0.05, 0) is 77.0 Å². The van der Waals surface area contributed by atoms with Crippen molar-refractivity contribution in [3.8, 4) is 0 Å². The van der Waals surface area contributed by atoms with Gasteiger partial charge in [0.05, 0.1) is 19.8 Å². The minimum absolute atomic E-state index is 0.0339. The van der Waals surface area contributed by atoms with E-state index in [1.165, 1.54) is 25.7 Å². The molecule has 15 heteroatoms. The van der Waals surface area contributed by atoms with Crippen molar-refractivity contribution in [3.05, 3.63) is 85.1 Å². The molecule has 388 valence electrons. The number of hydrogen-bond acceptors (Lipinski definition) is 15. The van der Waals surface area contributed by atoms with Crippen molar-refractivity contribution in [3.63, 3.8) is 0 Å². The molecule has 0 aromatic carbocycles. The van der Waals surface area contributed by atoms with Crippen molar-refractivity contribution < 1.29 is 73.8 Å². The van der Waals surface area contributed by atoms with Crippen LogP contribution in [0.3, 0.4) is 0 Å².